The van der Waals surface area contributed by atoms with Crippen LogP contribution in [0.25, 0.3) is 0 Å². The number of aromatic nitrogens is 2. The molecule has 2 aliphatic carbocycles. The van der Waals surface area contributed by atoms with Crippen molar-refractivity contribution in [1.82, 2.24) is 9.97 Å². The molecule has 0 aromatic carbocycles. The van der Waals surface area contributed by atoms with E-state index in [4.69, 9.17) is 4.74 Å². The molecular formula is C14H21N3O. The fourth-order valence-electron chi connectivity index (χ4n) is 3.36. The second-order valence-electron chi connectivity index (χ2n) is 5.45. The molecule has 1 N–H and O–H groups in total. The molecule has 4 heteroatoms. The first kappa shape index (κ1) is 11.9. The maximum atomic E-state index is 5.85. The molecule has 2 aliphatic rings. The summed E-state index contributed by atoms with van der Waals surface area (Å²) in [4.78, 5) is 8.56. The highest BCUT2D eigenvalue weighted by Crippen LogP contribution is 2.57. The van der Waals surface area contributed by atoms with Gasteiger partial charge in [-0.05, 0) is 39.2 Å². The van der Waals surface area contributed by atoms with Crippen LogP contribution in [0, 0.1) is 12.3 Å². The summed E-state index contributed by atoms with van der Waals surface area (Å²) in [6, 6.07) is 2.48. The predicted molar refractivity (Wildman–Crippen MR) is 70.5 cm³/mol. The molecule has 0 aliphatic heterocycles. The number of rotatable bonds is 4. The Labute approximate surface area is 108 Å². The predicted octanol–water partition coefficient (Wildman–Crippen LogP) is 2.54. The average Bonchev–Trinajstić information content (AvgIpc) is 2.25. The standard InChI is InChI=1S/C14H21N3O/c1-3-18-12-9-11(14(12)6-4-7-14)17-13-5-8-15-10(2)16-13/h5,8,11-12H,3-4,6-7,9H2,1-2H3,(H,15,16,17). The van der Waals surface area contributed by atoms with E-state index in [-0.39, 0.29) is 0 Å². The minimum Gasteiger partial charge on any atom is -0.378 e. The molecule has 2 unspecified atom stereocenters. The molecule has 3 rings (SSSR count). The zero-order valence-corrected chi connectivity index (χ0v) is 11.1. The maximum Gasteiger partial charge on any atom is 0.129 e. The number of nitrogens with zero attached hydrogens (tertiary/aromatic N) is 2. The van der Waals surface area contributed by atoms with E-state index in [1.54, 1.807) is 0 Å². The van der Waals surface area contributed by atoms with Crippen LogP contribution in [-0.2, 0) is 4.74 Å². The Morgan fingerprint density at radius 1 is 1.50 bits per heavy atom. The molecule has 4 nitrogen and oxygen atoms in total. The van der Waals surface area contributed by atoms with Crippen LogP contribution in [0.15, 0.2) is 12.3 Å². The van der Waals surface area contributed by atoms with Gasteiger partial charge in [0.1, 0.15) is 11.6 Å². The van der Waals surface area contributed by atoms with Crippen molar-refractivity contribution in [3.63, 3.8) is 0 Å². The summed E-state index contributed by atoms with van der Waals surface area (Å²) >= 11 is 0. The molecule has 0 saturated heterocycles. The Kier molecular flexibility index (Phi) is 2.98. The van der Waals surface area contributed by atoms with E-state index < -0.39 is 0 Å². The molecule has 2 atom stereocenters. The van der Waals surface area contributed by atoms with E-state index in [9.17, 15) is 0 Å². The first-order valence-corrected chi connectivity index (χ1v) is 6.92. The third kappa shape index (κ3) is 1.79. The van der Waals surface area contributed by atoms with Crippen molar-refractivity contribution in [2.24, 2.45) is 5.41 Å². The lowest BCUT2D eigenvalue weighted by Crippen LogP contribution is -2.64. The summed E-state index contributed by atoms with van der Waals surface area (Å²) in [7, 11) is 0. The number of ether oxygens (including phenoxy) is 1. The molecule has 1 heterocycles. The van der Waals surface area contributed by atoms with Crippen molar-refractivity contribution in [3.05, 3.63) is 18.1 Å². The first-order valence-electron chi connectivity index (χ1n) is 6.92. The number of nitrogens with one attached hydrogen (secondary N) is 1. The van der Waals surface area contributed by atoms with Crippen molar-refractivity contribution < 1.29 is 4.74 Å². The first-order chi connectivity index (χ1) is 8.74. The third-order valence-electron chi connectivity index (χ3n) is 4.54. The summed E-state index contributed by atoms with van der Waals surface area (Å²) in [5.74, 6) is 1.78. The van der Waals surface area contributed by atoms with Crippen LogP contribution in [0.3, 0.4) is 0 Å². The van der Waals surface area contributed by atoms with Crippen molar-refractivity contribution in [3.8, 4) is 0 Å². The van der Waals surface area contributed by atoms with E-state index in [0.29, 0.717) is 17.6 Å². The summed E-state index contributed by atoms with van der Waals surface area (Å²) in [5, 5.41) is 3.57. The zero-order chi connectivity index (χ0) is 12.6. The van der Waals surface area contributed by atoms with E-state index >= 15 is 0 Å². The van der Waals surface area contributed by atoms with Gasteiger partial charge in [0.05, 0.1) is 6.10 Å². The topological polar surface area (TPSA) is 47.0 Å². The van der Waals surface area contributed by atoms with Gasteiger partial charge < -0.3 is 10.1 Å². The Balaban J connectivity index is 1.68. The van der Waals surface area contributed by atoms with Gasteiger partial charge in [-0.1, -0.05) is 6.42 Å². The molecule has 0 bridgehead atoms. The van der Waals surface area contributed by atoms with Crippen molar-refractivity contribution >= 4 is 5.82 Å². The van der Waals surface area contributed by atoms with Crippen LogP contribution >= 0.6 is 0 Å². The van der Waals surface area contributed by atoms with Crippen LogP contribution in [-0.4, -0.2) is 28.7 Å². The summed E-state index contributed by atoms with van der Waals surface area (Å²) in [5.41, 5.74) is 0.384. The van der Waals surface area contributed by atoms with Crippen molar-refractivity contribution in [2.45, 2.75) is 51.7 Å². The summed E-state index contributed by atoms with van der Waals surface area (Å²) < 4.78 is 5.85. The molecule has 98 valence electrons. The fraction of sp³-hybridized carbons (Fsp3) is 0.714. The average molecular weight is 247 g/mol. The maximum absolute atomic E-state index is 5.85. The smallest absolute Gasteiger partial charge is 0.129 e. The SMILES string of the molecule is CCOC1CC(Nc2ccnc(C)n2)C12CCC2. The van der Waals surface area contributed by atoms with Crippen LogP contribution in [0.5, 0.6) is 0 Å². The van der Waals surface area contributed by atoms with Gasteiger partial charge in [-0.25, -0.2) is 9.97 Å². The molecule has 0 amide bonds. The summed E-state index contributed by atoms with van der Waals surface area (Å²) in [6.07, 6.45) is 7.30. The number of hydrogen-bond acceptors (Lipinski definition) is 4. The number of anilines is 1. The summed E-state index contributed by atoms with van der Waals surface area (Å²) in [6.45, 7) is 4.83. The zero-order valence-electron chi connectivity index (χ0n) is 11.1. The van der Waals surface area contributed by atoms with Crippen LogP contribution < -0.4 is 5.32 Å². The molecule has 1 spiro atoms. The highest BCUT2D eigenvalue weighted by molar-refractivity contribution is 5.37. The number of aryl methyl sites for hydroxylation is 1. The molecule has 1 aromatic rings. The van der Waals surface area contributed by atoms with Crippen LogP contribution in [0.4, 0.5) is 5.82 Å². The van der Waals surface area contributed by atoms with E-state index in [1.807, 2.05) is 19.2 Å². The van der Waals surface area contributed by atoms with Crippen LogP contribution in [0.1, 0.15) is 38.4 Å². The second kappa shape index (κ2) is 4.50. The minimum absolute atomic E-state index is 0.384. The van der Waals surface area contributed by atoms with E-state index in [2.05, 4.69) is 22.2 Å². The van der Waals surface area contributed by atoms with Crippen LogP contribution in [0.2, 0.25) is 0 Å². The van der Waals surface area contributed by atoms with Gasteiger partial charge in [0.15, 0.2) is 0 Å². The highest BCUT2D eigenvalue weighted by atomic mass is 16.5. The van der Waals surface area contributed by atoms with Gasteiger partial charge >= 0.3 is 0 Å². The van der Waals surface area contributed by atoms with Gasteiger partial charge in [0.2, 0.25) is 0 Å². The monoisotopic (exact) mass is 247 g/mol. The largest absolute Gasteiger partial charge is 0.378 e. The van der Waals surface area contributed by atoms with Gasteiger partial charge in [-0.3, -0.25) is 0 Å². The second-order valence-corrected chi connectivity index (χ2v) is 5.45. The minimum atomic E-state index is 0.384. The lowest BCUT2D eigenvalue weighted by atomic mass is 9.51. The van der Waals surface area contributed by atoms with Gasteiger partial charge in [-0.15, -0.1) is 0 Å². The number of hydrogen-bond donors (Lipinski definition) is 1. The molecular weight excluding hydrogens is 226 g/mol. The third-order valence-corrected chi connectivity index (χ3v) is 4.54. The van der Waals surface area contributed by atoms with E-state index in [0.717, 1.165) is 24.7 Å². The Bertz CT molecular complexity index is 431. The fourth-order valence-corrected chi connectivity index (χ4v) is 3.36. The van der Waals surface area contributed by atoms with Crippen molar-refractivity contribution in [1.29, 1.82) is 0 Å². The lowest BCUT2D eigenvalue weighted by molar-refractivity contribution is -0.157. The van der Waals surface area contributed by atoms with Gasteiger partial charge in [-0.2, -0.15) is 0 Å². The molecule has 2 fully saturated rings. The Hall–Kier alpha value is -1.16. The Morgan fingerprint density at radius 2 is 2.33 bits per heavy atom. The van der Waals surface area contributed by atoms with Gasteiger partial charge in [0, 0.05) is 24.3 Å². The molecule has 2 saturated carbocycles. The molecule has 0 radical (unpaired) electrons. The lowest BCUT2D eigenvalue weighted by Gasteiger charge is -2.61. The van der Waals surface area contributed by atoms with Crippen molar-refractivity contribution in [2.75, 3.05) is 11.9 Å². The Morgan fingerprint density at radius 3 is 2.94 bits per heavy atom. The highest BCUT2D eigenvalue weighted by Gasteiger charge is 2.58. The van der Waals surface area contributed by atoms with Gasteiger partial charge in [0.25, 0.3) is 0 Å². The quantitative estimate of drug-likeness (QED) is 0.888. The normalized spacial score (nSPS) is 28.6. The van der Waals surface area contributed by atoms with E-state index in [1.165, 1.54) is 19.3 Å². The molecule has 1 aromatic heterocycles. The molecule has 18 heavy (non-hydrogen) atoms.